The number of halogens is 4. The van der Waals surface area contributed by atoms with Gasteiger partial charge in [0, 0.05) is 16.9 Å². The van der Waals surface area contributed by atoms with Gasteiger partial charge in [-0.1, -0.05) is 62.9 Å². The lowest BCUT2D eigenvalue weighted by Crippen LogP contribution is -2.30. The Morgan fingerprint density at radius 1 is 0.903 bits per heavy atom. The second kappa shape index (κ2) is 9.10. The molecule has 1 radical (unpaired) electrons. The largest absolute Gasteiger partial charge is 0.491 e. The zero-order valence-corrected chi connectivity index (χ0v) is 21.0. The van der Waals surface area contributed by atoms with Gasteiger partial charge in [0.15, 0.2) is 11.6 Å². The summed E-state index contributed by atoms with van der Waals surface area (Å²) in [6.45, 7) is 11.3. The predicted octanol–water partition coefficient (Wildman–Crippen LogP) is 7.94. The molecule has 0 unspecified atom stereocenters. The van der Waals surface area contributed by atoms with E-state index in [1.807, 2.05) is 0 Å². The third kappa shape index (κ3) is 4.92. The summed E-state index contributed by atoms with van der Waals surface area (Å²) in [5, 5.41) is 0. The zero-order chi connectivity index (χ0) is 23.0. The summed E-state index contributed by atoms with van der Waals surface area (Å²) < 4.78 is 64.9. The topological polar surface area (TPSA) is 9.23 Å². The van der Waals surface area contributed by atoms with Gasteiger partial charge < -0.3 is 4.74 Å². The maximum atomic E-state index is 15.0. The van der Waals surface area contributed by atoms with E-state index in [-0.39, 0.29) is 37.8 Å². The van der Waals surface area contributed by atoms with E-state index in [0.29, 0.717) is 0 Å². The number of hydrogen-bond acceptors (Lipinski definition) is 1. The lowest BCUT2D eigenvalue weighted by atomic mass is 10.0. The van der Waals surface area contributed by atoms with Crippen LogP contribution >= 0.6 is 0 Å². The molecule has 1 aliphatic rings. The number of rotatable bonds is 9. The van der Waals surface area contributed by atoms with Gasteiger partial charge in [0.25, 0.3) is 0 Å². The van der Waals surface area contributed by atoms with Gasteiger partial charge in [-0.2, -0.15) is 8.78 Å². The molecule has 0 bridgehead atoms. The van der Waals surface area contributed by atoms with Crippen LogP contribution in [0.2, 0.25) is 37.9 Å². The number of unbranched alkanes of at least 4 members (excludes halogenated alkanes) is 2. The van der Waals surface area contributed by atoms with E-state index in [1.165, 1.54) is 42.9 Å². The van der Waals surface area contributed by atoms with Gasteiger partial charge >= 0.3 is 5.92 Å². The summed E-state index contributed by atoms with van der Waals surface area (Å²) in [5.41, 5.74) is 0.0747. The lowest BCUT2D eigenvalue weighted by Gasteiger charge is -2.23. The van der Waals surface area contributed by atoms with Gasteiger partial charge in [0.2, 0.25) is 0 Å². The van der Waals surface area contributed by atoms with Gasteiger partial charge in [0.05, 0.1) is 17.7 Å². The molecule has 0 fully saturated rings. The minimum absolute atomic E-state index is 0.0312. The molecule has 7 heteroatoms. The van der Waals surface area contributed by atoms with Crippen LogP contribution in [0.3, 0.4) is 0 Å². The quantitative estimate of drug-likeness (QED) is 0.207. The molecule has 31 heavy (non-hydrogen) atoms. The van der Waals surface area contributed by atoms with E-state index in [9.17, 15) is 13.2 Å². The minimum Gasteiger partial charge on any atom is -0.491 e. The maximum Gasteiger partial charge on any atom is 0.305 e. The third-order valence-corrected chi connectivity index (χ3v) is 14.3. The SMILES string of the molecule is Cc1ccc2c(c1F)C(F)(F)c1c-2ccc(OCCCCC[Si](C)(C)C[Si](C)C)c1F. The Balaban J connectivity index is 1.64. The molecular formula is C24H31F4OSi2. The lowest BCUT2D eigenvalue weighted by molar-refractivity contribution is 0.0397. The molecular weight excluding hydrogens is 436 g/mol. The molecule has 0 aromatic heterocycles. The van der Waals surface area contributed by atoms with E-state index < -0.39 is 36.8 Å². The van der Waals surface area contributed by atoms with Crippen molar-refractivity contribution in [3.8, 4) is 16.9 Å². The smallest absolute Gasteiger partial charge is 0.305 e. The highest BCUT2D eigenvalue weighted by atomic mass is 28.4. The van der Waals surface area contributed by atoms with E-state index in [2.05, 4.69) is 26.2 Å². The van der Waals surface area contributed by atoms with Gasteiger partial charge in [-0.3, -0.25) is 0 Å². The fourth-order valence-corrected chi connectivity index (χ4v) is 14.2. The molecule has 0 atom stereocenters. The van der Waals surface area contributed by atoms with Crippen LogP contribution in [0, 0.1) is 18.6 Å². The molecule has 0 amide bonds. The van der Waals surface area contributed by atoms with Crippen LogP contribution in [0.1, 0.15) is 36.0 Å². The molecule has 1 nitrogen and oxygen atoms in total. The average molecular weight is 468 g/mol. The van der Waals surface area contributed by atoms with Crippen LogP contribution < -0.4 is 4.74 Å². The molecule has 0 heterocycles. The highest BCUT2D eigenvalue weighted by molar-refractivity contribution is 6.87. The van der Waals surface area contributed by atoms with Gasteiger partial charge in [-0.25, -0.2) is 8.78 Å². The first-order chi connectivity index (χ1) is 14.5. The normalized spacial score (nSPS) is 14.6. The number of hydrogen-bond donors (Lipinski definition) is 0. The van der Waals surface area contributed by atoms with Crippen molar-refractivity contribution < 1.29 is 22.3 Å². The number of fused-ring (bicyclic) bond motifs is 3. The van der Waals surface area contributed by atoms with Gasteiger partial charge in [-0.15, -0.1) is 0 Å². The van der Waals surface area contributed by atoms with Crippen LogP contribution in [-0.2, 0) is 5.92 Å². The molecule has 0 spiro atoms. The predicted molar refractivity (Wildman–Crippen MR) is 123 cm³/mol. The van der Waals surface area contributed by atoms with E-state index in [4.69, 9.17) is 4.74 Å². The van der Waals surface area contributed by atoms with E-state index >= 15 is 4.39 Å². The Morgan fingerprint density at radius 2 is 1.52 bits per heavy atom. The molecule has 1 aliphatic carbocycles. The standard InChI is InChI=1S/C24H31F4OSi2/c1-16-9-10-17-18-11-12-19(23(26)21(18)24(27,28)20(17)22(16)25)29-13-7-6-8-14-31(4,5)15-30(2)3/h9-12H,6-8,13-15H2,1-5H3. The van der Waals surface area contributed by atoms with Crippen molar-refractivity contribution in [3.63, 3.8) is 0 Å². The van der Waals surface area contributed by atoms with Crippen molar-refractivity contribution >= 4 is 16.9 Å². The van der Waals surface area contributed by atoms with E-state index in [1.54, 1.807) is 0 Å². The minimum atomic E-state index is -3.72. The first kappa shape index (κ1) is 24.0. The van der Waals surface area contributed by atoms with Crippen LogP contribution in [0.4, 0.5) is 17.6 Å². The van der Waals surface area contributed by atoms with Crippen LogP contribution in [0.15, 0.2) is 24.3 Å². The Bertz CT molecular complexity index is 957. The molecule has 2 aromatic carbocycles. The van der Waals surface area contributed by atoms with Crippen LogP contribution in [-0.4, -0.2) is 23.5 Å². The summed E-state index contributed by atoms with van der Waals surface area (Å²) in [7, 11) is -1.34. The van der Waals surface area contributed by atoms with E-state index in [0.717, 1.165) is 19.3 Å². The average Bonchev–Trinajstić information content (AvgIpc) is 2.89. The summed E-state index contributed by atoms with van der Waals surface area (Å²) in [6.07, 6.45) is 2.85. The molecule has 0 saturated heterocycles. The number of benzene rings is 2. The van der Waals surface area contributed by atoms with Crippen molar-refractivity contribution in [2.24, 2.45) is 0 Å². The summed E-state index contributed by atoms with van der Waals surface area (Å²) >= 11 is 0. The summed E-state index contributed by atoms with van der Waals surface area (Å²) in [4.78, 5) is 0. The summed E-state index contributed by atoms with van der Waals surface area (Å²) in [5.74, 6) is -5.99. The highest BCUT2D eigenvalue weighted by Crippen LogP contribution is 2.54. The molecule has 0 N–H and O–H groups in total. The molecule has 2 aromatic rings. The van der Waals surface area contributed by atoms with Crippen molar-refractivity contribution in [1.29, 1.82) is 0 Å². The second-order valence-electron chi connectivity index (χ2n) is 9.70. The Labute approximate surface area is 185 Å². The van der Waals surface area contributed by atoms with Crippen molar-refractivity contribution in [1.82, 2.24) is 0 Å². The Morgan fingerprint density at radius 3 is 2.16 bits per heavy atom. The molecule has 169 valence electrons. The zero-order valence-electron chi connectivity index (χ0n) is 19.0. The fourth-order valence-electron chi connectivity index (χ4n) is 4.65. The maximum absolute atomic E-state index is 15.0. The first-order valence-corrected chi connectivity index (χ1v) is 17.0. The molecule has 3 rings (SSSR count). The molecule has 0 saturated carbocycles. The van der Waals surface area contributed by atoms with Crippen LogP contribution in [0.25, 0.3) is 11.1 Å². The van der Waals surface area contributed by atoms with Gasteiger partial charge in [-0.05, 0) is 42.2 Å². The monoisotopic (exact) mass is 467 g/mol. The summed E-state index contributed by atoms with van der Waals surface area (Å²) in [6, 6.07) is 6.92. The van der Waals surface area contributed by atoms with Crippen LogP contribution in [0.5, 0.6) is 5.75 Å². The Kier molecular flexibility index (Phi) is 7.06. The number of ether oxygens (including phenoxy) is 1. The van der Waals surface area contributed by atoms with Gasteiger partial charge in [0.1, 0.15) is 5.82 Å². The fraction of sp³-hybridized carbons (Fsp3) is 0.500. The highest BCUT2D eigenvalue weighted by Gasteiger charge is 2.49. The van der Waals surface area contributed by atoms with Crippen molar-refractivity contribution in [3.05, 3.63) is 52.6 Å². The number of aryl methyl sites for hydroxylation is 1. The Hall–Kier alpha value is -1.61. The number of alkyl halides is 2. The third-order valence-electron chi connectivity index (χ3n) is 5.95. The van der Waals surface area contributed by atoms with Crippen molar-refractivity contribution in [2.75, 3.05) is 6.61 Å². The second-order valence-corrected chi connectivity index (χ2v) is 18.4. The van der Waals surface area contributed by atoms with Crippen molar-refractivity contribution in [2.45, 2.75) is 70.0 Å². The molecule has 0 aliphatic heterocycles. The first-order valence-electron chi connectivity index (χ1n) is 10.9.